The van der Waals surface area contributed by atoms with E-state index >= 15 is 0 Å². The standard InChI is InChI=1S/C23H19F3N2O2/c24-23(25,26)30-19-8-4-7-17(13-19)22(29)15-28-12-11-21-18(14-28)9-10-20(27-21)16-5-2-1-3-6-16/h1-8,11-14,20H,9-10,15H2/p+1. The number of ether oxygens (including phenoxy) is 1. The molecule has 0 bridgehead atoms. The summed E-state index contributed by atoms with van der Waals surface area (Å²) in [6.07, 6.45) is 0.724. The minimum Gasteiger partial charge on any atom is -0.406 e. The first-order chi connectivity index (χ1) is 14.4. The fraction of sp³-hybridized carbons (Fsp3) is 0.217. The highest BCUT2D eigenvalue weighted by Gasteiger charge is 2.31. The Morgan fingerprint density at radius 3 is 2.67 bits per heavy atom. The number of hydrogen-bond donors (Lipinski definition) is 1. The molecule has 1 N–H and O–H groups in total. The normalized spacial score (nSPS) is 15.8. The maximum absolute atomic E-state index is 12.6. The molecule has 4 rings (SSSR count). The minimum atomic E-state index is -4.79. The smallest absolute Gasteiger partial charge is 0.406 e. The first-order valence-corrected chi connectivity index (χ1v) is 9.60. The van der Waals surface area contributed by atoms with Crippen molar-refractivity contribution in [2.24, 2.45) is 0 Å². The number of alkyl halides is 3. The van der Waals surface area contributed by atoms with Crippen molar-refractivity contribution in [3.8, 4) is 5.75 Å². The number of carbonyl (C=O) groups is 1. The third-order valence-electron chi connectivity index (χ3n) is 5.05. The highest BCUT2D eigenvalue weighted by molar-refractivity contribution is 5.95. The van der Waals surface area contributed by atoms with Crippen LogP contribution in [0.4, 0.5) is 18.9 Å². The molecule has 1 aliphatic rings. The van der Waals surface area contributed by atoms with Crippen LogP contribution in [-0.4, -0.2) is 12.1 Å². The van der Waals surface area contributed by atoms with Crippen LogP contribution in [-0.2, 0) is 13.0 Å². The Morgan fingerprint density at radius 2 is 1.90 bits per heavy atom. The topological polar surface area (TPSA) is 42.2 Å². The third kappa shape index (κ3) is 4.79. The van der Waals surface area contributed by atoms with Crippen LogP contribution in [0.3, 0.4) is 0 Å². The van der Waals surface area contributed by atoms with E-state index in [0.29, 0.717) is 0 Å². The molecule has 4 nitrogen and oxygen atoms in total. The summed E-state index contributed by atoms with van der Waals surface area (Å²) in [5, 5.41) is 3.53. The lowest BCUT2D eigenvalue weighted by atomic mass is 9.94. The maximum atomic E-state index is 12.6. The van der Waals surface area contributed by atoms with Crippen LogP contribution in [0.25, 0.3) is 0 Å². The van der Waals surface area contributed by atoms with Crippen LogP contribution in [0.1, 0.15) is 33.9 Å². The minimum absolute atomic E-state index is 0.0326. The van der Waals surface area contributed by atoms with Gasteiger partial charge in [0.2, 0.25) is 12.3 Å². The van der Waals surface area contributed by atoms with Crippen molar-refractivity contribution in [1.29, 1.82) is 0 Å². The van der Waals surface area contributed by atoms with Gasteiger partial charge in [-0.1, -0.05) is 42.5 Å². The lowest BCUT2D eigenvalue weighted by molar-refractivity contribution is -0.683. The summed E-state index contributed by atoms with van der Waals surface area (Å²) in [5.74, 6) is -0.696. The van der Waals surface area contributed by atoms with Gasteiger partial charge in [0.25, 0.3) is 0 Å². The molecule has 0 aliphatic carbocycles. The second-order valence-electron chi connectivity index (χ2n) is 7.20. The van der Waals surface area contributed by atoms with E-state index in [4.69, 9.17) is 0 Å². The molecule has 2 aromatic carbocycles. The largest absolute Gasteiger partial charge is 0.573 e. The summed E-state index contributed by atoms with van der Waals surface area (Å²) in [5.41, 5.74) is 3.53. The molecule has 1 aliphatic heterocycles. The van der Waals surface area contributed by atoms with Gasteiger partial charge in [-0.2, -0.15) is 4.57 Å². The van der Waals surface area contributed by atoms with Crippen molar-refractivity contribution in [3.05, 3.63) is 89.7 Å². The summed E-state index contributed by atoms with van der Waals surface area (Å²) in [6, 6.07) is 17.5. The van der Waals surface area contributed by atoms with E-state index in [0.717, 1.165) is 30.2 Å². The molecule has 0 amide bonds. The number of hydrogen-bond acceptors (Lipinski definition) is 3. The number of aromatic nitrogens is 1. The molecule has 0 radical (unpaired) electrons. The van der Waals surface area contributed by atoms with E-state index in [1.807, 2.05) is 30.5 Å². The molecule has 0 saturated heterocycles. The second kappa shape index (κ2) is 8.18. The Hall–Kier alpha value is -3.35. The number of nitrogens with zero attached hydrogens (tertiary/aromatic N) is 1. The Kier molecular flexibility index (Phi) is 5.44. The number of ketones is 1. The van der Waals surface area contributed by atoms with E-state index in [-0.39, 0.29) is 23.9 Å². The monoisotopic (exact) mass is 413 g/mol. The molecule has 154 valence electrons. The van der Waals surface area contributed by atoms with E-state index in [1.165, 1.54) is 23.8 Å². The highest BCUT2D eigenvalue weighted by atomic mass is 19.4. The number of rotatable bonds is 5. The molecule has 2 heterocycles. The maximum Gasteiger partial charge on any atom is 0.573 e. The van der Waals surface area contributed by atoms with Crippen molar-refractivity contribution < 1.29 is 27.3 Å². The first-order valence-electron chi connectivity index (χ1n) is 9.60. The fourth-order valence-corrected chi connectivity index (χ4v) is 3.65. The summed E-state index contributed by atoms with van der Waals surface area (Å²) >= 11 is 0. The van der Waals surface area contributed by atoms with E-state index < -0.39 is 12.1 Å². The molecule has 1 aromatic heterocycles. The van der Waals surface area contributed by atoms with E-state index in [9.17, 15) is 18.0 Å². The Balaban J connectivity index is 1.45. The lowest BCUT2D eigenvalue weighted by Crippen LogP contribution is -2.38. The van der Waals surface area contributed by atoms with Crippen LogP contribution in [0, 0.1) is 0 Å². The number of nitrogens with one attached hydrogen (secondary N) is 1. The van der Waals surface area contributed by atoms with Crippen molar-refractivity contribution in [3.63, 3.8) is 0 Å². The van der Waals surface area contributed by atoms with Gasteiger partial charge < -0.3 is 10.1 Å². The van der Waals surface area contributed by atoms with Crippen molar-refractivity contribution in [2.45, 2.75) is 31.8 Å². The number of anilines is 1. The van der Waals surface area contributed by atoms with E-state index in [1.54, 1.807) is 10.8 Å². The molecular weight excluding hydrogens is 393 g/mol. The number of aryl methyl sites for hydroxylation is 1. The number of carbonyl (C=O) groups excluding carboxylic acids is 1. The number of pyridine rings is 1. The van der Waals surface area contributed by atoms with Gasteiger partial charge in [0.1, 0.15) is 5.75 Å². The highest BCUT2D eigenvalue weighted by Crippen LogP contribution is 2.31. The summed E-state index contributed by atoms with van der Waals surface area (Å²) in [4.78, 5) is 12.6. The first kappa shape index (κ1) is 19.9. The summed E-state index contributed by atoms with van der Waals surface area (Å²) in [6.45, 7) is 0.0326. The van der Waals surface area contributed by atoms with Crippen molar-refractivity contribution in [2.75, 3.05) is 5.32 Å². The van der Waals surface area contributed by atoms with E-state index in [2.05, 4.69) is 22.2 Å². The van der Waals surface area contributed by atoms with Gasteiger partial charge in [-0.15, -0.1) is 13.2 Å². The molecule has 1 unspecified atom stereocenters. The molecule has 30 heavy (non-hydrogen) atoms. The van der Waals surface area contributed by atoms with Gasteiger partial charge in [0.15, 0.2) is 12.4 Å². The van der Waals surface area contributed by atoms with Crippen LogP contribution < -0.4 is 14.6 Å². The van der Waals surface area contributed by atoms with Gasteiger partial charge >= 0.3 is 6.36 Å². The van der Waals surface area contributed by atoms with Crippen LogP contribution >= 0.6 is 0 Å². The van der Waals surface area contributed by atoms with Gasteiger partial charge in [0.05, 0.1) is 6.04 Å². The molecular formula is C23H20F3N2O2+. The van der Waals surface area contributed by atoms with Crippen molar-refractivity contribution in [1.82, 2.24) is 0 Å². The molecule has 1 atom stereocenters. The van der Waals surface area contributed by atoms with Crippen LogP contribution in [0.5, 0.6) is 5.75 Å². The molecule has 0 spiro atoms. The molecule has 0 saturated carbocycles. The average molecular weight is 413 g/mol. The zero-order chi connectivity index (χ0) is 21.1. The quantitative estimate of drug-likeness (QED) is 0.480. The zero-order valence-electron chi connectivity index (χ0n) is 16.0. The van der Waals surface area contributed by atoms with Gasteiger partial charge in [-0.25, -0.2) is 0 Å². The lowest BCUT2D eigenvalue weighted by Gasteiger charge is -2.26. The second-order valence-corrected chi connectivity index (χ2v) is 7.20. The van der Waals surface area contributed by atoms with Crippen molar-refractivity contribution >= 4 is 11.5 Å². The zero-order valence-corrected chi connectivity index (χ0v) is 16.0. The predicted octanol–water partition coefficient (Wildman–Crippen LogP) is 4.86. The van der Waals surface area contributed by atoms with Gasteiger partial charge in [-0.05, 0) is 30.5 Å². The third-order valence-corrected chi connectivity index (χ3v) is 5.05. The molecule has 7 heteroatoms. The number of fused-ring (bicyclic) bond motifs is 1. The van der Waals surface area contributed by atoms with Gasteiger partial charge in [-0.3, -0.25) is 4.79 Å². The SMILES string of the molecule is O=C(C[n+]1ccc2c(c1)CCC(c1ccccc1)N2)c1cccc(OC(F)(F)F)c1. The molecule has 3 aromatic rings. The Morgan fingerprint density at radius 1 is 1.10 bits per heavy atom. The average Bonchev–Trinajstić information content (AvgIpc) is 2.73. The number of Topliss-reactive ketones (excluding diaryl/α,β-unsaturated/α-hetero) is 1. The van der Waals surface area contributed by atoms with Crippen LogP contribution in [0.15, 0.2) is 73.1 Å². The van der Waals surface area contributed by atoms with Crippen LogP contribution in [0.2, 0.25) is 0 Å². The predicted molar refractivity (Wildman–Crippen MR) is 105 cm³/mol. The number of benzene rings is 2. The Labute approximate surface area is 171 Å². The number of halogens is 3. The van der Waals surface area contributed by atoms with Gasteiger partial charge in [0, 0.05) is 22.9 Å². The summed E-state index contributed by atoms with van der Waals surface area (Å²) < 4.78 is 42.8. The Bertz CT molecular complexity index is 1050. The fourth-order valence-electron chi connectivity index (χ4n) is 3.65. The summed E-state index contributed by atoms with van der Waals surface area (Å²) in [7, 11) is 0. The molecule has 0 fully saturated rings.